The van der Waals surface area contributed by atoms with Crippen molar-refractivity contribution in [3.8, 4) is 0 Å². The number of piperidine rings is 1. The zero-order valence-electron chi connectivity index (χ0n) is 15.0. The van der Waals surface area contributed by atoms with E-state index in [4.69, 9.17) is 5.11 Å². The highest BCUT2D eigenvalue weighted by Crippen LogP contribution is 2.29. The number of carbonyl (C=O) groups is 2. The molecule has 27 heavy (non-hydrogen) atoms. The molecule has 2 heterocycles. The summed E-state index contributed by atoms with van der Waals surface area (Å²) in [7, 11) is 0. The molecule has 3 aromatic rings. The van der Waals surface area contributed by atoms with Crippen LogP contribution >= 0.6 is 0 Å². The normalized spacial score (nSPS) is 17.2. The number of rotatable bonds is 4. The maximum Gasteiger partial charge on any atom is 0.335 e. The van der Waals surface area contributed by atoms with Gasteiger partial charge in [0.2, 0.25) is 5.91 Å². The monoisotopic (exact) mass is 362 g/mol. The minimum Gasteiger partial charge on any atom is -0.478 e. The summed E-state index contributed by atoms with van der Waals surface area (Å²) in [4.78, 5) is 29.3. The van der Waals surface area contributed by atoms with Gasteiger partial charge in [0.15, 0.2) is 0 Å². The molecule has 1 amide bonds. The Morgan fingerprint density at radius 3 is 2.78 bits per heavy atom. The molecular formula is C22H22N2O3. The number of likely N-dealkylation sites (tertiary alicyclic amines) is 1. The van der Waals surface area contributed by atoms with Crippen LogP contribution < -0.4 is 0 Å². The number of carbonyl (C=O) groups excluding carboxylic acids is 1. The van der Waals surface area contributed by atoms with Crippen LogP contribution in [0.25, 0.3) is 10.9 Å². The number of aromatic nitrogens is 1. The first-order valence-electron chi connectivity index (χ1n) is 9.28. The van der Waals surface area contributed by atoms with E-state index in [-0.39, 0.29) is 17.9 Å². The van der Waals surface area contributed by atoms with Gasteiger partial charge in [0.25, 0.3) is 0 Å². The highest BCUT2D eigenvalue weighted by molar-refractivity contribution is 5.88. The number of hydrogen-bond acceptors (Lipinski definition) is 2. The third-order valence-corrected chi connectivity index (χ3v) is 5.29. The Labute approximate surface area is 157 Å². The lowest BCUT2D eigenvalue weighted by Crippen LogP contribution is -2.40. The van der Waals surface area contributed by atoms with Crippen LogP contribution in [0, 0.1) is 0 Å². The van der Waals surface area contributed by atoms with Crippen LogP contribution in [-0.2, 0) is 11.2 Å². The number of nitrogens with zero attached hydrogens (tertiary/aromatic N) is 1. The van der Waals surface area contributed by atoms with E-state index >= 15 is 0 Å². The van der Waals surface area contributed by atoms with Crippen molar-refractivity contribution in [2.75, 3.05) is 13.1 Å². The molecule has 0 radical (unpaired) electrons. The van der Waals surface area contributed by atoms with E-state index in [0.717, 1.165) is 30.5 Å². The fourth-order valence-corrected chi connectivity index (χ4v) is 3.87. The Balaban J connectivity index is 1.46. The average molecular weight is 362 g/mol. The lowest BCUT2D eigenvalue weighted by Gasteiger charge is -2.32. The number of aromatic carboxylic acids is 1. The maximum absolute atomic E-state index is 12.8. The zero-order valence-corrected chi connectivity index (χ0v) is 15.0. The molecule has 2 aromatic carbocycles. The van der Waals surface area contributed by atoms with E-state index in [1.807, 2.05) is 23.1 Å². The molecule has 1 fully saturated rings. The largest absolute Gasteiger partial charge is 0.478 e. The molecule has 1 saturated heterocycles. The van der Waals surface area contributed by atoms with Gasteiger partial charge in [-0.3, -0.25) is 4.79 Å². The summed E-state index contributed by atoms with van der Waals surface area (Å²) in [6.45, 7) is 1.46. The predicted octanol–water partition coefficient (Wildman–Crippen LogP) is 3.81. The fourth-order valence-electron chi connectivity index (χ4n) is 3.87. The average Bonchev–Trinajstić information content (AvgIpc) is 3.12. The molecule has 1 unspecified atom stereocenters. The molecule has 4 rings (SSSR count). The molecule has 2 N–H and O–H groups in total. The second-order valence-corrected chi connectivity index (χ2v) is 7.17. The number of fused-ring (bicyclic) bond motifs is 1. The maximum atomic E-state index is 12.8. The van der Waals surface area contributed by atoms with Gasteiger partial charge in [0.1, 0.15) is 0 Å². The second-order valence-electron chi connectivity index (χ2n) is 7.17. The molecule has 1 atom stereocenters. The summed E-state index contributed by atoms with van der Waals surface area (Å²) in [5.41, 5.74) is 3.27. The van der Waals surface area contributed by atoms with Crippen LogP contribution in [0.3, 0.4) is 0 Å². The molecule has 0 saturated carbocycles. The third-order valence-electron chi connectivity index (χ3n) is 5.29. The molecule has 0 spiro atoms. The molecule has 1 aliphatic rings. The van der Waals surface area contributed by atoms with Crippen LogP contribution in [0.4, 0.5) is 0 Å². The zero-order chi connectivity index (χ0) is 18.8. The summed E-state index contributed by atoms with van der Waals surface area (Å²) >= 11 is 0. The van der Waals surface area contributed by atoms with Gasteiger partial charge in [0, 0.05) is 30.2 Å². The van der Waals surface area contributed by atoms with Gasteiger partial charge in [-0.05, 0) is 48.1 Å². The number of benzene rings is 2. The summed E-state index contributed by atoms with van der Waals surface area (Å²) in [5.74, 6) is -0.611. The Morgan fingerprint density at radius 2 is 1.96 bits per heavy atom. The number of H-pyrrole nitrogens is 1. The van der Waals surface area contributed by atoms with Gasteiger partial charge in [-0.25, -0.2) is 4.79 Å². The molecule has 1 aliphatic heterocycles. The lowest BCUT2D eigenvalue weighted by atomic mass is 9.94. The fraction of sp³-hybridized carbons (Fsp3) is 0.273. The number of carboxylic acid groups (broad SMARTS) is 1. The van der Waals surface area contributed by atoms with Gasteiger partial charge in [-0.15, -0.1) is 0 Å². The number of amides is 1. The molecule has 1 aromatic heterocycles. The Kier molecular flexibility index (Phi) is 4.67. The predicted molar refractivity (Wildman–Crippen MR) is 104 cm³/mol. The van der Waals surface area contributed by atoms with Gasteiger partial charge >= 0.3 is 5.97 Å². The van der Waals surface area contributed by atoms with Gasteiger partial charge < -0.3 is 15.0 Å². The van der Waals surface area contributed by atoms with Gasteiger partial charge in [-0.2, -0.15) is 0 Å². The number of hydrogen-bond donors (Lipinski definition) is 2. The van der Waals surface area contributed by atoms with Crippen LogP contribution in [0.2, 0.25) is 0 Å². The third kappa shape index (κ3) is 3.72. The van der Waals surface area contributed by atoms with E-state index in [2.05, 4.69) is 23.2 Å². The van der Waals surface area contributed by atoms with E-state index in [0.29, 0.717) is 12.5 Å². The number of para-hydroxylation sites is 1. The van der Waals surface area contributed by atoms with Gasteiger partial charge in [0.05, 0.1) is 12.0 Å². The quantitative estimate of drug-likeness (QED) is 0.741. The highest BCUT2D eigenvalue weighted by Gasteiger charge is 2.26. The van der Waals surface area contributed by atoms with Crippen LogP contribution in [-0.4, -0.2) is 40.0 Å². The second kappa shape index (κ2) is 7.27. The Morgan fingerprint density at radius 1 is 1.11 bits per heavy atom. The number of carboxylic acids is 1. The SMILES string of the molecule is O=C(O)c1cccc(CC(=O)N2CCCC(c3cc4ccccc4[nH]3)C2)c1. The summed E-state index contributed by atoms with van der Waals surface area (Å²) < 4.78 is 0. The van der Waals surface area contributed by atoms with Crippen LogP contribution in [0.15, 0.2) is 54.6 Å². The minimum atomic E-state index is -0.971. The highest BCUT2D eigenvalue weighted by atomic mass is 16.4. The van der Waals surface area contributed by atoms with Crippen molar-refractivity contribution in [3.63, 3.8) is 0 Å². The number of nitrogens with one attached hydrogen (secondary N) is 1. The van der Waals surface area contributed by atoms with Crippen molar-refractivity contribution in [2.24, 2.45) is 0 Å². The van der Waals surface area contributed by atoms with E-state index in [9.17, 15) is 9.59 Å². The molecule has 5 nitrogen and oxygen atoms in total. The van der Waals surface area contributed by atoms with Crippen LogP contribution in [0.5, 0.6) is 0 Å². The van der Waals surface area contributed by atoms with Crippen molar-refractivity contribution < 1.29 is 14.7 Å². The topological polar surface area (TPSA) is 73.4 Å². The minimum absolute atomic E-state index is 0.0540. The van der Waals surface area contributed by atoms with Crippen molar-refractivity contribution >= 4 is 22.8 Å². The summed E-state index contributed by atoms with van der Waals surface area (Å²) in [6, 6.07) is 17.0. The molecule has 138 valence electrons. The molecule has 0 bridgehead atoms. The number of aromatic amines is 1. The van der Waals surface area contributed by atoms with E-state index < -0.39 is 5.97 Å². The van der Waals surface area contributed by atoms with Crippen molar-refractivity contribution in [3.05, 3.63) is 71.4 Å². The summed E-state index contributed by atoms with van der Waals surface area (Å²) in [5, 5.41) is 10.3. The molecule has 0 aliphatic carbocycles. The van der Waals surface area contributed by atoms with E-state index in [1.54, 1.807) is 18.2 Å². The Hall–Kier alpha value is -3.08. The van der Waals surface area contributed by atoms with E-state index in [1.165, 1.54) is 11.1 Å². The lowest BCUT2D eigenvalue weighted by molar-refractivity contribution is -0.131. The van der Waals surface area contributed by atoms with Gasteiger partial charge in [-0.1, -0.05) is 30.3 Å². The summed E-state index contributed by atoms with van der Waals surface area (Å²) in [6.07, 6.45) is 2.27. The first kappa shape index (κ1) is 17.3. The smallest absolute Gasteiger partial charge is 0.335 e. The van der Waals surface area contributed by atoms with Crippen LogP contribution in [0.1, 0.15) is 40.4 Å². The Bertz CT molecular complexity index is 959. The molecular weight excluding hydrogens is 340 g/mol. The standard InChI is InChI=1S/C22H22N2O3/c25-21(12-15-5-3-7-17(11-15)22(26)27)24-10-4-8-18(14-24)20-13-16-6-1-2-9-19(16)23-20/h1-3,5-7,9,11,13,18,23H,4,8,10,12,14H2,(H,26,27). The van der Waals surface area contributed by atoms with Crippen molar-refractivity contribution in [2.45, 2.75) is 25.2 Å². The van der Waals surface area contributed by atoms with Crippen molar-refractivity contribution in [1.82, 2.24) is 9.88 Å². The molecule has 5 heteroatoms. The van der Waals surface area contributed by atoms with Crippen molar-refractivity contribution in [1.29, 1.82) is 0 Å². The first-order chi connectivity index (χ1) is 13.1. The first-order valence-corrected chi connectivity index (χ1v) is 9.28.